The monoisotopic (exact) mass is 407 g/mol. The van der Waals surface area contributed by atoms with Crippen molar-refractivity contribution in [2.24, 2.45) is 10.3 Å². The molecule has 2 aromatic carbocycles. The van der Waals surface area contributed by atoms with Gasteiger partial charge in [0.15, 0.2) is 5.71 Å². The van der Waals surface area contributed by atoms with Crippen molar-refractivity contribution in [2.75, 3.05) is 14.2 Å². The zero-order chi connectivity index (χ0) is 21.4. The molecule has 154 valence electrons. The van der Waals surface area contributed by atoms with Gasteiger partial charge in [-0.2, -0.15) is 13.2 Å². The molecule has 0 spiro atoms. The first-order valence-electron chi connectivity index (χ1n) is 8.44. The fourth-order valence-electron chi connectivity index (χ4n) is 2.45. The standard InChI is InChI=1S/C20H20F3N3O3/c1-13(14-8-6-9-16(11-14)20(21,22)23)25-29-12-15-7-4-5-10-17(15)18(26-28-3)19(24)27-2/h4-11,24H,12H2,1-3H3. The van der Waals surface area contributed by atoms with Gasteiger partial charge in [0.2, 0.25) is 5.90 Å². The summed E-state index contributed by atoms with van der Waals surface area (Å²) in [5.41, 5.74) is 1.21. The molecule has 29 heavy (non-hydrogen) atoms. The highest BCUT2D eigenvalue weighted by molar-refractivity contribution is 6.44. The zero-order valence-electron chi connectivity index (χ0n) is 16.1. The largest absolute Gasteiger partial charge is 0.480 e. The third-order valence-corrected chi connectivity index (χ3v) is 3.90. The second kappa shape index (κ2) is 9.72. The first-order valence-corrected chi connectivity index (χ1v) is 8.44. The quantitative estimate of drug-likeness (QED) is 0.413. The lowest BCUT2D eigenvalue weighted by Gasteiger charge is -2.11. The average Bonchev–Trinajstić information content (AvgIpc) is 2.71. The van der Waals surface area contributed by atoms with Crippen LogP contribution in [0.3, 0.4) is 0 Å². The summed E-state index contributed by atoms with van der Waals surface area (Å²) in [5, 5.41) is 15.6. The molecule has 0 aliphatic rings. The van der Waals surface area contributed by atoms with E-state index in [0.29, 0.717) is 22.4 Å². The number of alkyl halides is 3. The molecule has 2 aromatic rings. The van der Waals surface area contributed by atoms with Gasteiger partial charge < -0.3 is 14.4 Å². The maximum absolute atomic E-state index is 12.9. The maximum Gasteiger partial charge on any atom is 0.416 e. The van der Waals surface area contributed by atoms with Crippen molar-refractivity contribution >= 4 is 17.3 Å². The number of rotatable bonds is 7. The zero-order valence-corrected chi connectivity index (χ0v) is 16.1. The van der Waals surface area contributed by atoms with Crippen LogP contribution < -0.4 is 0 Å². The number of hydrogen-bond donors (Lipinski definition) is 1. The molecule has 0 radical (unpaired) electrons. The van der Waals surface area contributed by atoms with Crippen LogP contribution in [0.2, 0.25) is 0 Å². The van der Waals surface area contributed by atoms with E-state index in [1.165, 1.54) is 26.4 Å². The second-order valence-corrected chi connectivity index (χ2v) is 5.84. The summed E-state index contributed by atoms with van der Waals surface area (Å²) in [6.45, 7) is 1.56. The van der Waals surface area contributed by atoms with Crippen molar-refractivity contribution in [1.29, 1.82) is 5.41 Å². The summed E-state index contributed by atoms with van der Waals surface area (Å²) in [7, 11) is 2.69. The Balaban J connectivity index is 2.21. The molecule has 0 heterocycles. The number of ether oxygens (including phenoxy) is 1. The molecule has 9 heteroatoms. The van der Waals surface area contributed by atoms with E-state index in [9.17, 15) is 13.2 Å². The molecule has 0 aliphatic carbocycles. The average molecular weight is 407 g/mol. The third-order valence-electron chi connectivity index (χ3n) is 3.90. The van der Waals surface area contributed by atoms with Crippen molar-refractivity contribution in [3.63, 3.8) is 0 Å². The smallest absolute Gasteiger partial charge is 0.416 e. The Kier molecular flexibility index (Phi) is 7.35. The molecule has 0 aliphatic heterocycles. The number of methoxy groups -OCH3 is 1. The van der Waals surface area contributed by atoms with E-state index >= 15 is 0 Å². The van der Waals surface area contributed by atoms with Crippen LogP contribution in [0.4, 0.5) is 13.2 Å². The van der Waals surface area contributed by atoms with Crippen LogP contribution in [0.15, 0.2) is 58.8 Å². The van der Waals surface area contributed by atoms with Crippen LogP contribution in [0.25, 0.3) is 0 Å². The number of nitrogens with zero attached hydrogens (tertiary/aromatic N) is 2. The summed E-state index contributed by atoms with van der Waals surface area (Å²) in [6, 6.07) is 11.8. The molecule has 0 aromatic heterocycles. The van der Waals surface area contributed by atoms with E-state index in [4.69, 9.17) is 19.8 Å². The van der Waals surface area contributed by atoms with Crippen LogP contribution in [-0.2, 0) is 27.2 Å². The van der Waals surface area contributed by atoms with Crippen molar-refractivity contribution in [3.05, 3.63) is 70.8 Å². The highest BCUT2D eigenvalue weighted by Crippen LogP contribution is 2.29. The van der Waals surface area contributed by atoms with E-state index in [-0.39, 0.29) is 18.2 Å². The number of benzene rings is 2. The first kappa shape index (κ1) is 21.9. The molecule has 0 fully saturated rings. The van der Waals surface area contributed by atoms with E-state index < -0.39 is 11.7 Å². The summed E-state index contributed by atoms with van der Waals surface area (Å²) in [6.07, 6.45) is -4.43. The van der Waals surface area contributed by atoms with Gasteiger partial charge in [-0.25, -0.2) is 0 Å². The van der Waals surface area contributed by atoms with Gasteiger partial charge in [-0.05, 0) is 24.6 Å². The van der Waals surface area contributed by atoms with Crippen LogP contribution in [0.1, 0.15) is 29.2 Å². The molecule has 0 saturated carbocycles. The highest BCUT2D eigenvalue weighted by atomic mass is 19.4. The van der Waals surface area contributed by atoms with Crippen LogP contribution in [0, 0.1) is 5.41 Å². The van der Waals surface area contributed by atoms with E-state index in [2.05, 4.69) is 10.3 Å². The van der Waals surface area contributed by atoms with E-state index in [1.54, 1.807) is 31.2 Å². The predicted octanol–water partition coefficient (Wildman–Crippen LogP) is 4.62. The number of hydrogen-bond acceptors (Lipinski definition) is 6. The fraction of sp³-hybridized carbons (Fsp3) is 0.250. The van der Waals surface area contributed by atoms with Gasteiger partial charge in [0.25, 0.3) is 0 Å². The summed E-state index contributed by atoms with van der Waals surface area (Å²) < 4.78 is 43.5. The first-order chi connectivity index (χ1) is 13.8. The molecule has 2 rings (SSSR count). The third kappa shape index (κ3) is 5.81. The van der Waals surface area contributed by atoms with Gasteiger partial charge in [-0.1, -0.05) is 46.7 Å². The van der Waals surface area contributed by atoms with Crippen LogP contribution >= 0.6 is 0 Å². The molecule has 0 unspecified atom stereocenters. The van der Waals surface area contributed by atoms with Crippen molar-refractivity contribution in [2.45, 2.75) is 19.7 Å². The van der Waals surface area contributed by atoms with Gasteiger partial charge in [-0.3, -0.25) is 5.41 Å². The minimum Gasteiger partial charge on any atom is -0.480 e. The Bertz CT molecular complexity index is 924. The van der Waals surface area contributed by atoms with Gasteiger partial charge >= 0.3 is 6.18 Å². The summed E-state index contributed by atoms with van der Waals surface area (Å²) >= 11 is 0. The molecular formula is C20H20F3N3O3. The normalized spacial score (nSPS) is 12.5. The van der Waals surface area contributed by atoms with Crippen molar-refractivity contribution in [3.8, 4) is 0 Å². The van der Waals surface area contributed by atoms with Crippen LogP contribution in [-0.4, -0.2) is 31.5 Å². The van der Waals surface area contributed by atoms with Gasteiger partial charge in [0.1, 0.15) is 13.7 Å². The molecular weight excluding hydrogens is 387 g/mol. The molecule has 0 bridgehead atoms. The fourth-order valence-corrected chi connectivity index (χ4v) is 2.45. The van der Waals surface area contributed by atoms with E-state index in [1.807, 2.05) is 0 Å². The highest BCUT2D eigenvalue weighted by Gasteiger charge is 2.30. The topological polar surface area (TPSA) is 76.3 Å². The minimum atomic E-state index is -4.43. The summed E-state index contributed by atoms with van der Waals surface area (Å²) in [5.74, 6) is -0.192. The molecule has 0 amide bonds. The lowest BCUT2D eigenvalue weighted by Crippen LogP contribution is -2.18. The van der Waals surface area contributed by atoms with Crippen molar-refractivity contribution in [1.82, 2.24) is 0 Å². The van der Waals surface area contributed by atoms with Gasteiger partial charge in [0, 0.05) is 11.1 Å². The Labute approximate surface area is 166 Å². The molecule has 1 N–H and O–H groups in total. The Morgan fingerprint density at radius 2 is 1.76 bits per heavy atom. The summed E-state index contributed by atoms with van der Waals surface area (Å²) in [4.78, 5) is 10.1. The minimum absolute atomic E-state index is 0.00615. The van der Waals surface area contributed by atoms with Gasteiger partial charge in [0.05, 0.1) is 18.4 Å². The molecule has 0 atom stereocenters. The molecule has 6 nitrogen and oxygen atoms in total. The second-order valence-electron chi connectivity index (χ2n) is 5.84. The molecule has 0 saturated heterocycles. The van der Waals surface area contributed by atoms with Gasteiger partial charge in [-0.15, -0.1) is 0 Å². The Hall–Kier alpha value is -3.36. The Morgan fingerprint density at radius 3 is 2.41 bits per heavy atom. The van der Waals surface area contributed by atoms with Crippen LogP contribution in [0.5, 0.6) is 0 Å². The lowest BCUT2D eigenvalue weighted by atomic mass is 10.0. The van der Waals surface area contributed by atoms with Crippen molar-refractivity contribution < 1.29 is 27.6 Å². The predicted molar refractivity (Wildman–Crippen MR) is 103 cm³/mol. The number of oxime groups is 2. The Morgan fingerprint density at radius 1 is 1.03 bits per heavy atom. The number of halogens is 3. The SMILES string of the molecule is CON=C(C(=N)OC)c1ccccc1CON=C(C)c1cccc(C(F)(F)F)c1. The van der Waals surface area contributed by atoms with E-state index in [0.717, 1.165) is 12.1 Å². The lowest BCUT2D eigenvalue weighted by molar-refractivity contribution is -0.137. The maximum atomic E-state index is 12.9. The number of nitrogens with one attached hydrogen (secondary N) is 1.